The third-order valence-electron chi connectivity index (χ3n) is 1.83. The van der Waals surface area contributed by atoms with E-state index >= 15 is 0 Å². The zero-order valence-electron chi connectivity index (χ0n) is 7.46. The van der Waals surface area contributed by atoms with Gasteiger partial charge in [0, 0.05) is 12.7 Å². The second kappa shape index (κ2) is 4.26. The molecule has 14 heavy (non-hydrogen) atoms. The molecule has 6 heteroatoms. The molecular formula is C8H11ClN4O. The van der Waals surface area contributed by atoms with Gasteiger partial charge in [-0.2, -0.15) is 0 Å². The predicted octanol–water partition coefficient (Wildman–Crippen LogP) is -0.123. The molecule has 0 saturated carbocycles. The smallest absolute Gasteiger partial charge is 0.329 e. The number of pyridine rings is 1. The van der Waals surface area contributed by atoms with Crippen LogP contribution >= 0.6 is 12.4 Å². The van der Waals surface area contributed by atoms with Crippen LogP contribution < -0.4 is 11.4 Å². The summed E-state index contributed by atoms with van der Waals surface area (Å²) in [6, 6.07) is 5.42. The monoisotopic (exact) mass is 214 g/mol. The maximum Gasteiger partial charge on any atom is 0.350 e. The van der Waals surface area contributed by atoms with Gasteiger partial charge >= 0.3 is 5.69 Å². The Balaban J connectivity index is 0.000000980. The molecule has 0 spiro atoms. The molecule has 0 radical (unpaired) electrons. The van der Waals surface area contributed by atoms with E-state index in [2.05, 4.69) is 5.10 Å². The van der Waals surface area contributed by atoms with Crippen molar-refractivity contribution in [2.75, 3.05) is 6.54 Å². The second-order valence-corrected chi connectivity index (χ2v) is 2.72. The van der Waals surface area contributed by atoms with Crippen molar-refractivity contribution in [2.24, 2.45) is 5.73 Å². The molecule has 0 amide bonds. The minimum absolute atomic E-state index is 0. The summed E-state index contributed by atoms with van der Waals surface area (Å²) < 4.78 is 2.87. The molecule has 0 aliphatic carbocycles. The Labute approximate surface area is 86.6 Å². The fourth-order valence-corrected chi connectivity index (χ4v) is 1.24. The van der Waals surface area contributed by atoms with Gasteiger partial charge in [0.2, 0.25) is 0 Å². The van der Waals surface area contributed by atoms with Crippen LogP contribution in [-0.4, -0.2) is 20.7 Å². The van der Waals surface area contributed by atoms with Crippen molar-refractivity contribution in [1.82, 2.24) is 14.2 Å². The Morgan fingerprint density at radius 3 is 2.86 bits per heavy atom. The van der Waals surface area contributed by atoms with Gasteiger partial charge in [0.1, 0.15) is 0 Å². The van der Waals surface area contributed by atoms with E-state index in [1.54, 1.807) is 18.3 Å². The van der Waals surface area contributed by atoms with Crippen LogP contribution in [0.4, 0.5) is 0 Å². The number of aromatic nitrogens is 3. The standard InChI is InChI=1S/C8H10N4O.ClH/c9-4-6-12-8(13)11-5-2-1-3-7(11)10-12;/h1-3,5H,4,6,9H2;1H. The first-order chi connectivity index (χ1) is 6.33. The van der Waals surface area contributed by atoms with Gasteiger partial charge in [-0.1, -0.05) is 6.07 Å². The van der Waals surface area contributed by atoms with Crippen molar-refractivity contribution in [3.8, 4) is 0 Å². The van der Waals surface area contributed by atoms with Crippen LogP contribution in [0.25, 0.3) is 5.65 Å². The van der Waals surface area contributed by atoms with E-state index in [0.29, 0.717) is 18.7 Å². The summed E-state index contributed by atoms with van der Waals surface area (Å²) in [5.74, 6) is 0. The number of hydrogen-bond donors (Lipinski definition) is 1. The van der Waals surface area contributed by atoms with Crippen molar-refractivity contribution in [1.29, 1.82) is 0 Å². The Morgan fingerprint density at radius 1 is 1.43 bits per heavy atom. The van der Waals surface area contributed by atoms with Crippen LogP contribution in [0, 0.1) is 0 Å². The van der Waals surface area contributed by atoms with E-state index in [1.807, 2.05) is 6.07 Å². The molecule has 2 aromatic rings. The molecule has 0 aliphatic heterocycles. The van der Waals surface area contributed by atoms with E-state index < -0.39 is 0 Å². The lowest BCUT2D eigenvalue weighted by molar-refractivity contribution is 0.602. The molecule has 2 heterocycles. The number of nitrogens with two attached hydrogens (primary N) is 1. The maximum absolute atomic E-state index is 11.5. The maximum atomic E-state index is 11.5. The van der Waals surface area contributed by atoms with Crippen molar-refractivity contribution < 1.29 is 0 Å². The zero-order valence-corrected chi connectivity index (χ0v) is 8.28. The van der Waals surface area contributed by atoms with Crippen LogP contribution in [-0.2, 0) is 6.54 Å². The third-order valence-corrected chi connectivity index (χ3v) is 1.83. The Bertz CT molecular complexity index is 475. The highest BCUT2D eigenvalue weighted by Gasteiger charge is 2.03. The molecule has 0 aromatic carbocycles. The molecule has 0 bridgehead atoms. The molecule has 0 aliphatic rings. The lowest BCUT2D eigenvalue weighted by Gasteiger charge is -1.91. The quantitative estimate of drug-likeness (QED) is 0.758. The summed E-state index contributed by atoms with van der Waals surface area (Å²) in [7, 11) is 0. The van der Waals surface area contributed by atoms with Crippen LogP contribution in [0.2, 0.25) is 0 Å². The first-order valence-corrected chi connectivity index (χ1v) is 4.07. The van der Waals surface area contributed by atoms with Crippen molar-refractivity contribution in [3.05, 3.63) is 34.9 Å². The molecule has 0 saturated heterocycles. The van der Waals surface area contributed by atoms with Gasteiger partial charge in [0.15, 0.2) is 5.65 Å². The van der Waals surface area contributed by atoms with Gasteiger partial charge in [-0.05, 0) is 12.1 Å². The van der Waals surface area contributed by atoms with Gasteiger partial charge in [-0.3, -0.25) is 4.40 Å². The Hall–Kier alpha value is -1.33. The van der Waals surface area contributed by atoms with Crippen molar-refractivity contribution in [2.45, 2.75) is 6.54 Å². The number of rotatable bonds is 2. The van der Waals surface area contributed by atoms with Gasteiger partial charge in [0.25, 0.3) is 0 Å². The number of nitrogens with zero attached hydrogens (tertiary/aromatic N) is 3. The topological polar surface area (TPSA) is 65.3 Å². The molecule has 0 atom stereocenters. The van der Waals surface area contributed by atoms with Crippen molar-refractivity contribution >= 4 is 18.1 Å². The zero-order chi connectivity index (χ0) is 9.26. The fourth-order valence-electron chi connectivity index (χ4n) is 1.24. The largest absolute Gasteiger partial charge is 0.350 e. The van der Waals surface area contributed by atoms with Gasteiger partial charge in [0.05, 0.1) is 6.54 Å². The number of hydrogen-bond acceptors (Lipinski definition) is 3. The van der Waals surface area contributed by atoms with E-state index in [1.165, 1.54) is 9.08 Å². The van der Waals surface area contributed by atoms with Gasteiger partial charge in [-0.25, -0.2) is 9.48 Å². The highest BCUT2D eigenvalue weighted by molar-refractivity contribution is 5.85. The lowest BCUT2D eigenvalue weighted by atomic mass is 10.5. The molecule has 0 unspecified atom stereocenters. The third kappa shape index (κ3) is 1.64. The lowest BCUT2D eigenvalue weighted by Crippen LogP contribution is -2.24. The highest BCUT2D eigenvalue weighted by Crippen LogP contribution is 1.93. The minimum atomic E-state index is -0.138. The predicted molar refractivity (Wildman–Crippen MR) is 55.8 cm³/mol. The number of halogens is 1. The summed E-state index contributed by atoms with van der Waals surface area (Å²) in [6.45, 7) is 0.879. The van der Waals surface area contributed by atoms with Crippen LogP contribution in [0.5, 0.6) is 0 Å². The molecule has 76 valence electrons. The van der Waals surface area contributed by atoms with Crippen molar-refractivity contribution in [3.63, 3.8) is 0 Å². The summed E-state index contributed by atoms with van der Waals surface area (Å²) in [4.78, 5) is 11.5. The second-order valence-electron chi connectivity index (χ2n) is 2.72. The van der Waals surface area contributed by atoms with Gasteiger partial charge < -0.3 is 5.73 Å². The summed E-state index contributed by atoms with van der Waals surface area (Å²) in [5, 5.41) is 4.09. The van der Waals surface area contributed by atoms with E-state index in [-0.39, 0.29) is 18.1 Å². The number of fused-ring (bicyclic) bond motifs is 1. The average molecular weight is 215 g/mol. The molecule has 2 N–H and O–H groups in total. The molecule has 2 rings (SSSR count). The first-order valence-electron chi connectivity index (χ1n) is 4.07. The summed E-state index contributed by atoms with van der Waals surface area (Å²) in [5.41, 5.74) is 5.86. The molecule has 2 aromatic heterocycles. The molecule has 5 nitrogen and oxygen atoms in total. The SMILES string of the molecule is Cl.NCCn1nc2ccccn2c1=O. The minimum Gasteiger partial charge on any atom is -0.329 e. The van der Waals surface area contributed by atoms with Gasteiger partial charge in [-0.15, -0.1) is 17.5 Å². The van der Waals surface area contributed by atoms with E-state index in [0.717, 1.165) is 0 Å². The molecular weight excluding hydrogens is 204 g/mol. The van der Waals surface area contributed by atoms with Crippen LogP contribution in [0.3, 0.4) is 0 Å². The summed E-state index contributed by atoms with van der Waals surface area (Å²) >= 11 is 0. The highest BCUT2D eigenvalue weighted by atomic mass is 35.5. The fraction of sp³-hybridized carbons (Fsp3) is 0.250. The Morgan fingerprint density at radius 2 is 2.21 bits per heavy atom. The van der Waals surface area contributed by atoms with Crippen LogP contribution in [0.1, 0.15) is 0 Å². The average Bonchev–Trinajstić information content (AvgIpc) is 2.46. The van der Waals surface area contributed by atoms with E-state index in [9.17, 15) is 4.79 Å². The Kier molecular flexibility index (Phi) is 3.27. The van der Waals surface area contributed by atoms with E-state index in [4.69, 9.17) is 5.73 Å². The van der Waals surface area contributed by atoms with Crippen LogP contribution in [0.15, 0.2) is 29.2 Å². The molecule has 0 fully saturated rings. The first kappa shape index (κ1) is 10.7. The normalized spacial score (nSPS) is 10.1. The summed E-state index contributed by atoms with van der Waals surface area (Å²) in [6.07, 6.45) is 1.69.